The minimum atomic E-state index is -1.11. The molecule has 1 aliphatic rings. The van der Waals surface area contributed by atoms with E-state index >= 15 is 0 Å². The predicted molar refractivity (Wildman–Crippen MR) is 95.1 cm³/mol. The van der Waals surface area contributed by atoms with Crippen molar-refractivity contribution in [1.29, 1.82) is 0 Å². The number of amides is 1. The largest absolute Gasteiger partial charge is 0.480 e. The molecule has 0 spiro atoms. The zero-order chi connectivity index (χ0) is 18.9. The smallest absolute Gasteiger partial charge is 0.321 e. The van der Waals surface area contributed by atoms with E-state index in [1.165, 1.54) is 24.3 Å². The van der Waals surface area contributed by atoms with Crippen LogP contribution in [0.25, 0.3) is 0 Å². The van der Waals surface area contributed by atoms with E-state index in [-0.39, 0.29) is 17.8 Å². The van der Waals surface area contributed by atoms with Crippen molar-refractivity contribution in [3.8, 4) is 0 Å². The van der Waals surface area contributed by atoms with E-state index in [1.807, 2.05) is 0 Å². The number of nitro benzene ring substituents is 1. The van der Waals surface area contributed by atoms with E-state index in [0.29, 0.717) is 13.1 Å². The minimum absolute atomic E-state index is 0.147. The number of rotatable bonds is 9. The summed E-state index contributed by atoms with van der Waals surface area (Å²) in [5.74, 6) is -1.63. The van der Waals surface area contributed by atoms with Crippen LogP contribution in [0.4, 0.5) is 11.4 Å². The molecule has 1 saturated heterocycles. The maximum Gasteiger partial charge on any atom is 0.321 e. The van der Waals surface area contributed by atoms with Gasteiger partial charge in [0.2, 0.25) is 5.91 Å². The number of benzene rings is 1. The first kappa shape index (κ1) is 19.8. The molecule has 0 radical (unpaired) electrons. The summed E-state index contributed by atoms with van der Waals surface area (Å²) in [4.78, 5) is 35.8. The van der Waals surface area contributed by atoms with Gasteiger partial charge in [-0.25, -0.2) is 0 Å². The highest BCUT2D eigenvalue weighted by Crippen LogP contribution is 2.17. The highest BCUT2D eigenvalue weighted by Gasteiger charge is 2.21. The number of hydrogen-bond acceptors (Lipinski definition) is 7. The summed E-state index contributed by atoms with van der Waals surface area (Å²) in [5.41, 5.74) is 0.112. The van der Waals surface area contributed by atoms with Gasteiger partial charge in [0.05, 0.1) is 11.3 Å². The Bertz CT molecular complexity index is 648. The fourth-order valence-electron chi connectivity index (χ4n) is 2.67. The van der Waals surface area contributed by atoms with Gasteiger partial charge in [0.25, 0.3) is 5.69 Å². The second-order valence-corrected chi connectivity index (χ2v) is 6.00. The number of anilines is 1. The first-order valence-electron chi connectivity index (χ1n) is 8.39. The van der Waals surface area contributed by atoms with E-state index in [9.17, 15) is 24.8 Å². The molecule has 10 nitrogen and oxygen atoms in total. The number of carbonyl (C=O) groups is 2. The van der Waals surface area contributed by atoms with Crippen molar-refractivity contribution >= 4 is 23.3 Å². The highest BCUT2D eigenvalue weighted by molar-refractivity contribution is 5.94. The van der Waals surface area contributed by atoms with Gasteiger partial charge in [-0.1, -0.05) is 6.07 Å². The molecule has 1 atom stereocenters. The molecule has 2 rings (SSSR count). The van der Waals surface area contributed by atoms with Crippen LogP contribution in [0.5, 0.6) is 0 Å². The molecule has 0 aliphatic carbocycles. The van der Waals surface area contributed by atoms with Crippen LogP contribution in [0.1, 0.15) is 6.42 Å². The number of nitrogens with one attached hydrogen (secondary N) is 3. The lowest BCUT2D eigenvalue weighted by Gasteiger charge is -2.27. The summed E-state index contributed by atoms with van der Waals surface area (Å²) in [5, 5.41) is 28.7. The maximum absolute atomic E-state index is 12.1. The minimum Gasteiger partial charge on any atom is -0.480 e. The molecule has 1 heterocycles. The van der Waals surface area contributed by atoms with E-state index in [4.69, 9.17) is 0 Å². The number of carboxylic acid groups (broad SMARTS) is 1. The van der Waals surface area contributed by atoms with Gasteiger partial charge in [0.1, 0.15) is 6.04 Å². The molecule has 0 saturated carbocycles. The monoisotopic (exact) mass is 365 g/mol. The second kappa shape index (κ2) is 9.80. The van der Waals surface area contributed by atoms with Crippen LogP contribution in [-0.4, -0.2) is 72.1 Å². The molecule has 10 heteroatoms. The summed E-state index contributed by atoms with van der Waals surface area (Å²) in [6.07, 6.45) is -0.264. The van der Waals surface area contributed by atoms with Gasteiger partial charge in [-0.05, 0) is 6.07 Å². The SMILES string of the molecule is O=C(C[C@@H](NCCN1CCNCC1)C(=O)O)Nc1cccc([N+](=O)[O-])c1. The first-order valence-corrected chi connectivity index (χ1v) is 8.39. The summed E-state index contributed by atoms with van der Waals surface area (Å²) < 4.78 is 0. The number of carboxylic acids is 1. The molecule has 1 aromatic rings. The molecule has 1 amide bonds. The molecular formula is C16H23N5O5. The Morgan fingerprint density at radius 3 is 2.73 bits per heavy atom. The molecule has 1 aromatic carbocycles. The third-order valence-corrected chi connectivity index (χ3v) is 4.06. The summed E-state index contributed by atoms with van der Waals surface area (Å²) in [6, 6.07) is 4.49. The summed E-state index contributed by atoms with van der Waals surface area (Å²) in [6.45, 7) is 4.81. The highest BCUT2D eigenvalue weighted by atomic mass is 16.6. The summed E-state index contributed by atoms with van der Waals surface area (Å²) in [7, 11) is 0. The van der Waals surface area contributed by atoms with E-state index in [1.54, 1.807) is 0 Å². The van der Waals surface area contributed by atoms with Gasteiger partial charge < -0.3 is 21.1 Å². The van der Waals surface area contributed by atoms with E-state index in [2.05, 4.69) is 20.9 Å². The molecular weight excluding hydrogens is 342 g/mol. The number of aliphatic carboxylic acids is 1. The quantitative estimate of drug-likeness (QED) is 0.351. The van der Waals surface area contributed by atoms with Crippen molar-refractivity contribution in [2.75, 3.05) is 44.6 Å². The van der Waals surface area contributed by atoms with E-state index < -0.39 is 22.8 Å². The topological polar surface area (TPSA) is 137 Å². The van der Waals surface area contributed by atoms with Crippen molar-refractivity contribution in [2.24, 2.45) is 0 Å². The van der Waals surface area contributed by atoms with Crippen LogP contribution in [0.3, 0.4) is 0 Å². The fourth-order valence-corrected chi connectivity index (χ4v) is 2.67. The molecule has 142 valence electrons. The number of nitro groups is 1. The third-order valence-electron chi connectivity index (χ3n) is 4.06. The fraction of sp³-hybridized carbons (Fsp3) is 0.500. The van der Waals surface area contributed by atoms with Crippen molar-refractivity contribution in [3.63, 3.8) is 0 Å². The van der Waals surface area contributed by atoms with Gasteiger partial charge in [-0.3, -0.25) is 24.6 Å². The number of non-ortho nitro benzene ring substituents is 1. The van der Waals surface area contributed by atoms with Gasteiger partial charge in [0, 0.05) is 57.1 Å². The second-order valence-electron chi connectivity index (χ2n) is 6.00. The lowest BCUT2D eigenvalue weighted by atomic mass is 10.2. The summed E-state index contributed by atoms with van der Waals surface area (Å²) >= 11 is 0. The van der Waals surface area contributed by atoms with Gasteiger partial charge >= 0.3 is 5.97 Å². The van der Waals surface area contributed by atoms with Crippen molar-refractivity contribution in [1.82, 2.24) is 15.5 Å². The van der Waals surface area contributed by atoms with Crippen molar-refractivity contribution in [3.05, 3.63) is 34.4 Å². The van der Waals surface area contributed by atoms with Gasteiger partial charge in [-0.15, -0.1) is 0 Å². The van der Waals surface area contributed by atoms with Gasteiger partial charge in [0.15, 0.2) is 0 Å². The Kier molecular flexibility index (Phi) is 7.45. The lowest BCUT2D eigenvalue weighted by molar-refractivity contribution is -0.384. The average Bonchev–Trinajstić information content (AvgIpc) is 2.61. The number of nitrogens with zero attached hydrogens (tertiary/aromatic N) is 2. The standard InChI is InChI=1S/C16H23N5O5/c22-15(19-12-2-1-3-13(10-12)21(25)26)11-14(16(23)24)18-6-9-20-7-4-17-5-8-20/h1-3,10,14,17-18H,4-9,11H2,(H,19,22)(H,23,24)/t14-/m1/s1. The Hall–Kier alpha value is -2.56. The van der Waals surface area contributed by atoms with Crippen LogP contribution in [0, 0.1) is 10.1 Å². The Morgan fingerprint density at radius 1 is 1.35 bits per heavy atom. The Morgan fingerprint density at radius 2 is 2.08 bits per heavy atom. The van der Waals surface area contributed by atoms with Crippen LogP contribution >= 0.6 is 0 Å². The average molecular weight is 365 g/mol. The van der Waals surface area contributed by atoms with Crippen molar-refractivity contribution < 1.29 is 19.6 Å². The first-order chi connectivity index (χ1) is 12.5. The van der Waals surface area contributed by atoms with Crippen LogP contribution in [0.2, 0.25) is 0 Å². The van der Waals surface area contributed by atoms with Crippen molar-refractivity contribution in [2.45, 2.75) is 12.5 Å². The molecule has 1 fully saturated rings. The van der Waals surface area contributed by atoms with E-state index in [0.717, 1.165) is 26.2 Å². The zero-order valence-electron chi connectivity index (χ0n) is 14.3. The zero-order valence-corrected chi connectivity index (χ0v) is 14.3. The number of hydrogen-bond donors (Lipinski definition) is 4. The normalized spacial score (nSPS) is 16.0. The van der Waals surface area contributed by atoms with Crippen LogP contribution in [0.15, 0.2) is 24.3 Å². The third kappa shape index (κ3) is 6.39. The maximum atomic E-state index is 12.1. The number of piperazine rings is 1. The molecule has 0 aromatic heterocycles. The Labute approximate surface area is 150 Å². The Balaban J connectivity index is 1.82. The predicted octanol–water partition coefficient (Wildman–Crippen LogP) is -0.129. The van der Waals surface area contributed by atoms with Gasteiger partial charge in [-0.2, -0.15) is 0 Å². The molecule has 0 bridgehead atoms. The molecule has 1 aliphatic heterocycles. The van der Waals surface area contributed by atoms with Crippen LogP contribution < -0.4 is 16.0 Å². The molecule has 4 N–H and O–H groups in total. The van der Waals surface area contributed by atoms with Crippen LogP contribution in [-0.2, 0) is 9.59 Å². The molecule has 26 heavy (non-hydrogen) atoms. The lowest BCUT2D eigenvalue weighted by Crippen LogP contribution is -2.48. The number of carbonyl (C=O) groups excluding carboxylic acids is 1. The molecule has 0 unspecified atom stereocenters.